The maximum atomic E-state index is 12.3. The van der Waals surface area contributed by atoms with Crippen molar-refractivity contribution in [3.63, 3.8) is 0 Å². The summed E-state index contributed by atoms with van der Waals surface area (Å²) >= 11 is 0. The Kier molecular flexibility index (Phi) is 7.05. The molecule has 122 valence electrons. The molecule has 0 saturated heterocycles. The molecule has 22 heavy (non-hydrogen) atoms. The second-order valence-electron chi connectivity index (χ2n) is 5.51. The molecule has 0 radical (unpaired) electrons. The normalized spacial score (nSPS) is 12.2. The number of benzene rings is 1. The predicted octanol–water partition coefficient (Wildman–Crippen LogP) is 3.54. The number of carboxylic acid groups (broad SMARTS) is 1. The molecule has 0 aliphatic carbocycles. The van der Waals surface area contributed by atoms with Gasteiger partial charge in [-0.1, -0.05) is 33.6 Å². The van der Waals surface area contributed by atoms with Crippen LogP contribution in [0, 0.1) is 11.8 Å². The zero-order valence-corrected chi connectivity index (χ0v) is 13.7. The second-order valence-corrected chi connectivity index (χ2v) is 5.51. The van der Waals surface area contributed by atoms with Gasteiger partial charge in [-0.25, -0.2) is 4.79 Å². The van der Waals surface area contributed by atoms with E-state index in [1.54, 1.807) is 19.2 Å². The van der Waals surface area contributed by atoms with Gasteiger partial charge in [-0.15, -0.1) is 0 Å². The third-order valence-corrected chi connectivity index (χ3v) is 3.99. The molecule has 1 atom stereocenters. The van der Waals surface area contributed by atoms with Gasteiger partial charge in [0.1, 0.15) is 0 Å². The van der Waals surface area contributed by atoms with Crippen LogP contribution in [0.3, 0.4) is 0 Å². The first-order valence-electron chi connectivity index (χ1n) is 7.59. The third-order valence-electron chi connectivity index (χ3n) is 3.99. The molecule has 1 rings (SSSR count). The number of hydrogen-bond acceptors (Lipinski definition) is 3. The van der Waals surface area contributed by atoms with Gasteiger partial charge in [0.15, 0.2) is 0 Å². The van der Waals surface area contributed by atoms with Gasteiger partial charge in [-0.3, -0.25) is 4.79 Å². The highest BCUT2D eigenvalue weighted by Gasteiger charge is 2.21. The molecular formula is C17H25NO4. The van der Waals surface area contributed by atoms with Crippen molar-refractivity contribution in [2.45, 2.75) is 40.2 Å². The number of rotatable bonds is 8. The van der Waals surface area contributed by atoms with E-state index < -0.39 is 5.97 Å². The van der Waals surface area contributed by atoms with Crippen molar-refractivity contribution >= 4 is 17.6 Å². The Labute approximate surface area is 131 Å². The fraction of sp³-hybridized carbons (Fsp3) is 0.529. The number of carbonyl (C=O) groups excluding carboxylic acids is 1. The van der Waals surface area contributed by atoms with Crippen LogP contribution in [-0.2, 0) is 16.1 Å². The zero-order chi connectivity index (χ0) is 16.7. The number of methoxy groups -OCH3 is 1. The van der Waals surface area contributed by atoms with Gasteiger partial charge in [0.25, 0.3) is 0 Å². The van der Waals surface area contributed by atoms with Crippen LogP contribution in [0.4, 0.5) is 5.69 Å². The molecule has 0 fully saturated rings. The molecule has 0 bridgehead atoms. The maximum Gasteiger partial charge on any atom is 0.335 e. The molecule has 0 aromatic heterocycles. The summed E-state index contributed by atoms with van der Waals surface area (Å²) in [6.07, 6.45) is 1.88. The van der Waals surface area contributed by atoms with Crippen LogP contribution >= 0.6 is 0 Å². The molecule has 0 aliphatic rings. The lowest BCUT2D eigenvalue weighted by molar-refractivity contribution is -0.121. The van der Waals surface area contributed by atoms with Crippen LogP contribution < -0.4 is 5.32 Å². The zero-order valence-electron chi connectivity index (χ0n) is 13.7. The van der Waals surface area contributed by atoms with Crippen LogP contribution in [0.25, 0.3) is 0 Å². The average molecular weight is 307 g/mol. The first-order chi connectivity index (χ1) is 10.4. The Morgan fingerprint density at radius 1 is 1.23 bits per heavy atom. The van der Waals surface area contributed by atoms with Gasteiger partial charge in [0.05, 0.1) is 12.2 Å². The summed E-state index contributed by atoms with van der Waals surface area (Å²) in [5.41, 5.74) is 1.35. The highest BCUT2D eigenvalue weighted by molar-refractivity contribution is 5.95. The SMILES string of the molecule is CCC(CC)C(C)C(=O)Nc1cc(COC)cc(C(=O)O)c1. The van der Waals surface area contributed by atoms with Crippen molar-refractivity contribution in [2.75, 3.05) is 12.4 Å². The minimum Gasteiger partial charge on any atom is -0.478 e. The summed E-state index contributed by atoms with van der Waals surface area (Å²) in [7, 11) is 1.54. The van der Waals surface area contributed by atoms with Gasteiger partial charge in [-0.2, -0.15) is 0 Å². The number of amides is 1. The lowest BCUT2D eigenvalue weighted by Crippen LogP contribution is -2.26. The number of carbonyl (C=O) groups is 2. The van der Waals surface area contributed by atoms with E-state index in [9.17, 15) is 9.59 Å². The summed E-state index contributed by atoms with van der Waals surface area (Å²) < 4.78 is 5.04. The summed E-state index contributed by atoms with van der Waals surface area (Å²) in [5.74, 6) is -0.906. The molecule has 5 heteroatoms. The molecule has 1 aromatic carbocycles. The smallest absolute Gasteiger partial charge is 0.335 e. The quantitative estimate of drug-likeness (QED) is 0.770. The summed E-state index contributed by atoms with van der Waals surface area (Å²) in [6.45, 7) is 6.34. The summed E-state index contributed by atoms with van der Waals surface area (Å²) in [5, 5.41) is 12.0. The Morgan fingerprint density at radius 3 is 2.36 bits per heavy atom. The number of hydrogen-bond donors (Lipinski definition) is 2. The molecule has 0 aliphatic heterocycles. The van der Waals surface area contributed by atoms with E-state index in [0.29, 0.717) is 23.8 Å². The van der Waals surface area contributed by atoms with Crippen LogP contribution in [0.1, 0.15) is 49.5 Å². The molecule has 0 heterocycles. The molecule has 1 amide bonds. The fourth-order valence-corrected chi connectivity index (χ4v) is 2.60. The average Bonchev–Trinajstić information content (AvgIpc) is 2.48. The Balaban J connectivity index is 2.96. The fourth-order valence-electron chi connectivity index (χ4n) is 2.60. The predicted molar refractivity (Wildman–Crippen MR) is 86.0 cm³/mol. The van der Waals surface area contributed by atoms with E-state index in [2.05, 4.69) is 19.2 Å². The second kappa shape index (κ2) is 8.54. The van der Waals surface area contributed by atoms with E-state index >= 15 is 0 Å². The summed E-state index contributed by atoms with van der Waals surface area (Å²) in [6, 6.07) is 4.76. The standard InChI is InChI=1S/C17H25NO4/c1-5-13(6-2)11(3)16(19)18-15-8-12(10-22-4)7-14(9-15)17(20)21/h7-9,11,13H,5-6,10H2,1-4H3,(H,18,19)(H,20,21). The van der Waals surface area contributed by atoms with E-state index in [-0.39, 0.29) is 17.4 Å². The van der Waals surface area contributed by atoms with Crippen molar-refractivity contribution in [1.82, 2.24) is 0 Å². The number of carboxylic acids is 1. The minimum absolute atomic E-state index is 0.0837. The monoisotopic (exact) mass is 307 g/mol. The van der Waals surface area contributed by atoms with Crippen molar-refractivity contribution in [2.24, 2.45) is 11.8 Å². The van der Waals surface area contributed by atoms with E-state index in [4.69, 9.17) is 9.84 Å². The lowest BCUT2D eigenvalue weighted by Gasteiger charge is -2.20. The van der Waals surface area contributed by atoms with E-state index in [1.807, 2.05) is 6.92 Å². The van der Waals surface area contributed by atoms with E-state index in [0.717, 1.165) is 12.8 Å². The van der Waals surface area contributed by atoms with Gasteiger partial charge < -0.3 is 15.2 Å². The highest BCUT2D eigenvalue weighted by Crippen LogP contribution is 2.22. The lowest BCUT2D eigenvalue weighted by atomic mass is 9.88. The Morgan fingerprint density at radius 2 is 1.86 bits per heavy atom. The van der Waals surface area contributed by atoms with Gasteiger partial charge in [-0.05, 0) is 29.7 Å². The van der Waals surface area contributed by atoms with Crippen molar-refractivity contribution in [3.8, 4) is 0 Å². The minimum atomic E-state index is -1.03. The number of anilines is 1. The first-order valence-corrected chi connectivity index (χ1v) is 7.59. The maximum absolute atomic E-state index is 12.3. The molecular weight excluding hydrogens is 282 g/mol. The van der Waals surface area contributed by atoms with E-state index in [1.165, 1.54) is 6.07 Å². The Bertz CT molecular complexity index is 523. The van der Waals surface area contributed by atoms with Crippen LogP contribution in [-0.4, -0.2) is 24.1 Å². The van der Waals surface area contributed by atoms with Crippen molar-refractivity contribution < 1.29 is 19.4 Å². The van der Waals surface area contributed by atoms with Crippen LogP contribution in [0.5, 0.6) is 0 Å². The topological polar surface area (TPSA) is 75.6 Å². The van der Waals surface area contributed by atoms with Gasteiger partial charge in [0, 0.05) is 18.7 Å². The molecule has 2 N–H and O–H groups in total. The van der Waals surface area contributed by atoms with Gasteiger partial charge >= 0.3 is 5.97 Å². The Hall–Kier alpha value is -1.88. The highest BCUT2D eigenvalue weighted by atomic mass is 16.5. The van der Waals surface area contributed by atoms with Gasteiger partial charge in [0.2, 0.25) is 5.91 Å². The molecule has 0 saturated carbocycles. The van der Waals surface area contributed by atoms with Crippen LogP contribution in [0.2, 0.25) is 0 Å². The largest absolute Gasteiger partial charge is 0.478 e. The van der Waals surface area contributed by atoms with Crippen molar-refractivity contribution in [1.29, 1.82) is 0 Å². The molecule has 1 unspecified atom stereocenters. The number of aromatic carboxylic acids is 1. The molecule has 5 nitrogen and oxygen atoms in total. The summed E-state index contributed by atoms with van der Waals surface area (Å²) in [4.78, 5) is 23.5. The number of nitrogens with one attached hydrogen (secondary N) is 1. The number of ether oxygens (including phenoxy) is 1. The van der Waals surface area contributed by atoms with Crippen molar-refractivity contribution in [3.05, 3.63) is 29.3 Å². The molecule has 0 spiro atoms. The molecule has 1 aromatic rings. The first kappa shape index (κ1) is 18.2. The third kappa shape index (κ3) is 4.84. The van der Waals surface area contributed by atoms with Crippen LogP contribution in [0.15, 0.2) is 18.2 Å².